The zero-order chi connectivity index (χ0) is 20.1. The largest absolute Gasteiger partial charge is 0.493 e. The average Bonchev–Trinajstić information content (AvgIpc) is 2.74. The molecule has 0 aromatic heterocycles. The molecule has 0 aliphatic heterocycles. The van der Waals surface area contributed by atoms with Crippen molar-refractivity contribution in [2.45, 2.75) is 0 Å². The number of ketones is 1. The number of benzene rings is 3. The molecule has 0 saturated carbocycles. The van der Waals surface area contributed by atoms with Crippen molar-refractivity contribution >= 4 is 11.5 Å². The molecule has 7 heteroatoms. The van der Waals surface area contributed by atoms with Crippen LogP contribution in [0.1, 0.15) is 21.5 Å². The zero-order valence-corrected chi connectivity index (χ0v) is 14.8. The molecule has 138 valence electrons. The normalized spacial score (nSPS) is 10.0. The number of rotatable bonds is 6. The molecule has 0 fully saturated rings. The lowest BCUT2D eigenvalue weighted by atomic mass is 10.0. The minimum absolute atomic E-state index is 0.0439. The second kappa shape index (κ2) is 8.01. The van der Waals surface area contributed by atoms with Gasteiger partial charge in [-0.3, -0.25) is 14.9 Å². The van der Waals surface area contributed by atoms with Crippen LogP contribution in [0.2, 0.25) is 0 Å². The van der Waals surface area contributed by atoms with E-state index in [4.69, 9.17) is 14.7 Å². The molecule has 0 N–H and O–H groups in total. The van der Waals surface area contributed by atoms with Crippen molar-refractivity contribution in [3.05, 3.63) is 93.5 Å². The van der Waals surface area contributed by atoms with Gasteiger partial charge >= 0.3 is 5.69 Å². The van der Waals surface area contributed by atoms with Gasteiger partial charge in [0.05, 0.1) is 23.7 Å². The van der Waals surface area contributed by atoms with E-state index >= 15 is 0 Å². The molecule has 0 aliphatic rings. The first-order chi connectivity index (χ1) is 13.5. The summed E-state index contributed by atoms with van der Waals surface area (Å²) in [7, 11) is 1.40. The zero-order valence-electron chi connectivity index (χ0n) is 14.8. The first-order valence-corrected chi connectivity index (χ1v) is 8.17. The Kier molecular flexibility index (Phi) is 5.33. The van der Waals surface area contributed by atoms with E-state index in [9.17, 15) is 14.9 Å². The van der Waals surface area contributed by atoms with Crippen molar-refractivity contribution in [2.75, 3.05) is 7.11 Å². The molecule has 0 spiro atoms. The van der Waals surface area contributed by atoms with E-state index in [1.165, 1.54) is 43.5 Å². The summed E-state index contributed by atoms with van der Waals surface area (Å²) in [5.74, 6) is 0.105. The fraction of sp³-hybridized carbons (Fsp3) is 0.0476. The number of nitro groups is 1. The summed E-state index contributed by atoms with van der Waals surface area (Å²) in [5, 5.41) is 20.5. The minimum atomic E-state index is -0.618. The highest BCUT2D eigenvalue weighted by atomic mass is 16.6. The van der Waals surface area contributed by atoms with Crippen molar-refractivity contribution in [3.8, 4) is 23.3 Å². The molecule has 0 saturated heterocycles. The molecule has 0 bridgehead atoms. The molecule has 3 aromatic rings. The highest BCUT2D eigenvalue weighted by Gasteiger charge is 2.21. The maximum Gasteiger partial charge on any atom is 0.312 e. The lowest BCUT2D eigenvalue weighted by Crippen LogP contribution is -2.03. The van der Waals surface area contributed by atoms with E-state index < -0.39 is 4.92 Å². The Balaban J connectivity index is 1.98. The third kappa shape index (κ3) is 3.81. The van der Waals surface area contributed by atoms with Crippen LogP contribution >= 0.6 is 0 Å². The Morgan fingerprint density at radius 1 is 0.964 bits per heavy atom. The summed E-state index contributed by atoms with van der Waals surface area (Å²) in [5.41, 5.74) is 0.618. The van der Waals surface area contributed by atoms with E-state index in [1.807, 2.05) is 6.07 Å². The van der Waals surface area contributed by atoms with E-state index in [0.29, 0.717) is 11.1 Å². The number of hydrogen-bond donors (Lipinski definition) is 0. The molecule has 0 heterocycles. The van der Waals surface area contributed by atoms with Gasteiger partial charge in [-0.1, -0.05) is 30.3 Å². The highest BCUT2D eigenvalue weighted by molar-refractivity contribution is 6.09. The number of methoxy groups -OCH3 is 1. The minimum Gasteiger partial charge on any atom is -0.493 e. The lowest BCUT2D eigenvalue weighted by molar-refractivity contribution is -0.385. The van der Waals surface area contributed by atoms with Crippen molar-refractivity contribution in [3.63, 3.8) is 0 Å². The topological polar surface area (TPSA) is 102 Å². The Morgan fingerprint density at radius 3 is 2.32 bits per heavy atom. The molecule has 28 heavy (non-hydrogen) atoms. The molecule has 0 unspecified atom stereocenters. The van der Waals surface area contributed by atoms with Crippen LogP contribution in [0, 0.1) is 21.4 Å². The van der Waals surface area contributed by atoms with Crippen molar-refractivity contribution < 1.29 is 19.2 Å². The van der Waals surface area contributed by atoms with Gasteiger partial charge in [0.2, 0.25) is 5.75 Å². The predicted molar refractivity (Wildman–Crippen MR) is 101 cm³/mol. The van der Waals surface area contributed by atoms with Crippen molar-refractivity contribution in [1.29, 1.82) is 5.26 Å². The Bertz CT molecular complexity index is 1090. The lowest BCUT2D eigenvalue weighted by Gasteiger charge is -2.11. The van der Waals surface area contributed by atoms with Gasteiger partial charge in [-0.15, -0.1) is 0 Å². The van der Waals surface area contributed by atoms with Gasteiger partial charge in [0, 0.05) is 23.3 Å². The molecule has 0 amide bonds. The second-order valence-corrected chi connectivity index (χ2v) is 5.71. The van der Waals surface area contributed by atoms with E-state index in [1.54, 1.807) is 30.3 Å². The monoisotopic (exact) mass is 374 g/mol. The van der Waals surface area contributed by atoms with Gasteiger partial charge in [0.1, 0.15) is 0 Å². The number of nitriles is 1. The van der Waals surface area contributed by atoms with Gasteiger partial charge in [-0.25, -0.2) is 0 Å². The number of carbonyl (C=O) groups excluding carboxylic acids is 1. The summed E-state index contributed by atoms with van der Waals surface area (Å²) in [6.07, 6.45) is 0. The molecule has 0 radical (unpaired) electrons. The van der Waals surface area contributed by atoms with Crippen molar-refractivity contribution in [2.24, 2.45) is 0 Å². The molecule has 0 aliphatic carbocycles. The average molecular weight is 374 g/mol. The fourth-order valence-electron chi connectivity index (χ4n) is 2.58. The standard InChI is InChI=1S/C21H14N2O5/c1-27-20-11-14(13-22)7-9-19(20)28-18-10-8-16(12-17(18)23(25)26)21(24)15-5-3-2-4-6-15/h2-12H,1H3. The number of nitro benzene ring substituents is 1. The number of carbonyl (C=O) groups is 1. The quantitative estimate of drug-likeness (QED) is 0.358. The van der Waals surface area contributed by atoms with Crippen LogP contribution < -0.4 is 9.47 Å². The third-order valence-corrected chi connectivity index (χ3v) is 3.97. The van der Waals surface area contributed by atoms with Gasteiger partial charge in [0.15, 0.2) is 17.3 Å². The molecule has 7 nitrogen and oxygen atoms in total. The summed E-state index contributed by atoms with van der Waals surface area (Å²) in [4.78, 5) is 23.4. The van der Waals surface area contributed by atoms with Gasteiger partial charge in [-0.2, -0.15) is 5.26 Å². The molecule has 3 rings (SSSR count). The fourth-order valence-corrected chi connectivity index (χ4v) is 2.58. The van der Waals surface area contributed by atoms with Gasteiger partial charge in [0.25, 0.3) is 0 Å². The van der Waals surface area contributed by atoms with E-state index in [0.717, 1.165) is 0 Å². The second-order valence-electron chi connectivity index (χ2n) is 5.71. The van der Waals surface area contributed by atoms with Gasteiger partial charge in [-0.05, 0) is 24.3 Å². The predicted octanol–water partition coefficient (Wildman–Crippen LogP) is 4.50. The number of ether oxygens (including phenoxy) is 2. The first kappa shape index (κ1) is 18.6. The molecular weight excluding hydrogens is 360 g/mol. The summed E-state index contributed by atoms with van der Waals surface area (Å²) < 4.78 is 10.8. The maximum absolute atomic E-state index is 12.5. The van der Waals surface area contributed by atoms with Crippen LogP contribution in [-0.4, -0.2) is 17.8 Å². The Hall–Kier alpha value is -4.18. The molecule has 3 aromatic carbocycles. The maximum atomic E-state index is 12.5. The van der Waals surface area contributed by atoms with Crippen LogP contribution in [0.15, 0.2) is 66.7 Å². The molecular formula is C21H14N2O5. The number of hydrogen-bond acceptors (Lipinski definition) is 6. The number of nitrogens with zero attached hydrogens (tertiary/aromatic N) is 2. The van der Waals surface area contributed by atoms with E-state index in [2.05, 4.69) is 0 Å². The molecule has 0 atom stereocenters. The van der Waals surface area contributed by atoms with E-state index in [-0.39, 0.29) is 34.3 Å². The SMILES string of the molecule is COc1cc(C#N)ccc1Oc1ccc(C(=O)c2ccccc2)cc1[N+](=O)[O-]. The first-order valence-electron chi connectivity index (χ1n) is 8.17. The van der Waals surface area contributed by atoms with Gasteiger partial charge < -0.3 is 9.47 Å². The van der Waals surface area contributed by atoms with Crippen LogP contribution in [0.5, 0.6) is 17.2 Å². The summed E-state index contributed by atoms with van der Waals surface area (Å²) >= 11 is 0. The third-order valence-electron chi connectivity index (χ3n) is 3.97. The van der Waals surface area contributed by atoms with Crippen LogP contribution in [0.25, 0.3) is 0 Å². The van der Waals surface area contributed by atoms with Crippen LogP contribution in [-0.2, 0) is 0 Å². The smallest absolute Gasteiger partial charge is 0.312 e. The highest BCUT2D eigenvalue weighted by Crippen LogP contribution is 2.37. The Morgan fingerprint density at radius 2 is 1.68 bits per heavy atom. The summed E-state index contributed by atoms with van der Waals surface area (Å²) in [6.45, 7) is 0. The van der Waals surface area contributed by atoms with Crippen LogP contribution in [0.3, 0.4) is 0 Å². The van der Waals surface area contributed by atoms with Crippen molar-refractivity contribution in [1.82, 2.24) is 0 Å². The Labute approximate surface area is 160 Å². The summed E-state index contributed by atoms with van der Waals surface area (Å²) in [6, 6.07) is 19.0. The van der Waals surface area contributed by atoms with Crippen LogP contribution in [0.4, 0.5) is 5.69 Å².